The van der Waals surface area contributed by atoms with E-state index >= 15 is 0 Å². The van der Waals surface area contributed by atoms with E-state index in [1.54, 1.807) is 6.26 Å². The Bertz CT molecular complexity index is 753. The largest absolute Gasteiger partial charge is 0.508 e. The van der Waals surface area contributed by atoms with Gasteiger partial charge in [-0.25, -0.2) is 0 Å². The molecule has 3 heteroatoms. The molecule has 2 aliphatic carbocycles. The van der Waals surface area contributed by atoms with Gasteiger partial charge in [-0.15, -0.1) is 0 Å². The topological polar surface area (TPSA) is 36.6 Å². The second-order valence-electron chi connectivity index (χ2n) is 8.24. The van der Waals surface area contributed by atoms with Gasteiger partial charge < -0.3 is 9.52 Å². The van der Waals surface area contributed by atoms with E-state index in [2.05, 4.69) is 23.1 Å². The third-order valence-corrected chi connectivity index (χ3v) is 7.16. The summed E-state index contributed by atoms with van der Waals surface area (Å²) in [5.41, 5.74) is 3.26. The third-order valence-electron chi connectivity index (χ3n) is 7.16. The predicted molar refractivity (Wildman–Crippen MR) is 97.8 cm³/mol. The van der Waals surface area contributed by atoms with Crippen molar-refractivity contribution in [1.29, 1.82) is 0 Å². The summed E-state index contributed by atoms with van der Waals surface area (Å²) in [5, 5.41) is 10.1. The van der Waals surface area contributed by atoms with Crippen molar-refractivity contribution in [3.63, 3.8) is 0 Å². The zero-order chi connectivity index (χ0) is 16.9. The molecule has 25 heavy (non-hydrogen) atoms. The summed E-state index contributed by atoms with van der Waals surface area (Å²) in [6, 6.07) is 10.9. The fraction of sp³-hybridized carbons (Fsp3) is 0.545. The Morgan fingerprint density at radius 2 is 2.16 bits per heavy atom. The van der Waals surface area contributed by atoms with Gasteiger partial charge in [-0.1, -0.05) is 18.9 Å². The number of fused-ring (bicyclic) bond motifs is 1. The lowest BCUT2D eigenvalue weighted by Crippen LogP contribution is -2.61. The van der Waals surface area contributed by atoms with Gasteiger partial charge in [0.1, 0.15) is 11.5 Å². The minimum atomic E-state index is 0.316. The van der Waals surface area contributed by atoms with Crippen molar-refractivity contribution in [2.45, 2.75) is 56.4 Å². The lowest BCUT2D eigenvalue weighted by molar-refractivity contribution is -0.0112. The molecule has 2 bridgehead atoms. The van der Waals surface area contributed by atoms with Crippen LogP contribution in [0.3, 0.4) is 0 Å². The highest BCUT2D eigenvalue weighted by Gasteiger charge is 2.53. The average Bonchev–Trinajstić information content (AvgIpc) is 3.15. The SMILES string of the molecule is Oc1ccc2c(c1)[C@@]13CCCC[C@@H]1[C@H](C2)N(CCc1ccco1)CC3. The summed E-state index contributed by atoms with van der Waals surface area (Å²) >= 11 is 0. The molecule has 3 nitrogen and oxygen atoms in total. The predicted octanol–water partition coefficient (Wildman–Crippen LogP) is 4.29. The maximum Gasteiger partial charge on any atom is 0.115 e. The highest BCUT2D eigenvalue weighted by molar-refractivity contribution is 5.45. The third kappa shape index (κ3) is 2.43. The normalized spacial score (nSPS) is 31.4. The number of rotatable bonds is 3. The van der Waals surface area contributed by atoms with E-state index in [9.17, 15) is 5.11 Å². The molecule has 2 aromatic rings. The zero-order valence-electron chi connectivity index (χ0n) is 14.8. The summed E-state index contributed by atoms with van der Waals surface area (Å²) in [4.78, 5) is 2.73. The molecule has 1 saturated carbocycles. The molecule has 0 unspecified atom stereocenters. The smallest absolute Gasteiger partial charge is 0.115 e. The second kappa shape index (κ2) is 5.91. The number of phenolic OH excluding ortho intramolecular Hbond substituents is 1. The molecular weight excluding hydrogens is 310 g/mol. The van der Waals surface area contributed by atoms with Crippen LogP contribution in [0.15, 0.2) is 41.0 Å². The first kappa shape index (κ1) is 15.5. The Morgan fingerprint density at radius 1 is 1.20 bits per heavy atom. The summed E-state index contributed by atoms with van der Waals surface area (Å²) in [7, 11) is 0. The zero-order valence-corrected chi connectivity index (χ0v) is 14.8. The molecule has 1 aromatic carbocycles. The van der Waals surface area contributed by atoms with Crippen molar-refractivity contribution in [3.8, 4) is 5.75 Å². The minimum Gasteiger partial charge on any atom is -0.508 e. The number of hydrogen-bond donors (Lipinski definition) is 1. The molecule has 132 valence electrons. The Labute approximate surface area is 149 Å². The van der Waals surface area contributed by atoms with Crippen molar-refractivity contribution >= 4 is 0 Å². The van der Waals surface area contributed by atoms with Crippen LogP contribution in [0.25, 0.3) is 0 Å². The van der Waals surface area contributed by atoms with Gasteiger partial charge in [-0.2, -0.15) is 0 Å². The van der Waals surface area contributed by atoms with Crippen LogP contribution >= 0.6 is 0 Å². The van der Waals surface area contributed by atoms with Crippen LogP contribution in [0.1, 0.15) is 49.0 Å². The number of benzene rings is 1. The van der Waals surface area contributed by atoms with E-state index in [1.165, 1.54) is 49.8 Å². The summed E-state index contributed by atoms with van der Waals surface area (Å²) in [5.74, 6) is 2.29. The van der Waals surface area contributed by atoms with Crippen molar-refractivity contribution < 1.29 is 9.52 Å². The van der Waals surface area contributed by atoms with Gasteiger partial charge in [0.05, 0.1) is 6.26 Å². The van der Waals surface area contributed by atoms with Gasteiger partial charge in [0.25, 0.3) is 0 Å². The number of nitrogens with zero attached hydrogens (tertiary/aromatic N) is 1. The van der Waals surface area contributed by atoms with Gasteiger partial charge in [-0.05, 0) is 73.5 Å². The van der Waals surface area contributed by atoms with E-state index in [-0.39, 0.29) is 0 Å². The van der Waals surface area contributed by atoms with Gasteiger partial charge >= 0.3 is 0 Å². The van der Waals surface area contributed by atoms with Gasteiger partial charge in [0, 0.05) is 24.4 Å². The molecule has 1 N–H and O–H groups in total. The number of piperidine rings is 1. The van der Waals surface area contributed by atoms with E-state index in [0.29, 0.717) is 17.2 Å². The first-order valence-corrected chi connectivity index (χ1v) is 9.85. The van der Waals surface area contributed by atoms with E-state index in [0.717, 1.165) is 31.1 Å². The van der Waals surface area contributed by atoms with Crippen LogP contribution in [0.2, 0.25) is 0 Å². The van der Waals surface area contributed by atoms with Crippen molar-refractivity contribution in [1.82, 2.24) is 4.90 Å². The molecule has 0 radical (unpaired) electrons. The van der Waals surface area contributed by atoms with Crippen molar-refractivity contribution in [2.75, 3.05) is 13.1 Å². The van der Waals surface area contributed by atoms with Crippen LogP contribution in [-0.4, -0.2) is 29.1 Å². The molecule has 0 spiro atoms. The first-order chi connectivity index (χ1) is 12.3. The first-order valence-electron chi connectivity index (χ1n) is 9.85. The van der Waals surface area contributed by atoms with Crippen molar-refractivity contribution in [3.05, 3.63) is 53.5 Å². The molecule has 3 aliphatic rings. The van der Waals surface area contributed by atoms with Crippen LogP contribution in [0.4, 0.5) is 0 Å². The monoisotopic (exact) mass is 337 g/mol. The maximum atomic E-state index is 10.1. The Morgan fingerprint density at radius 3 is 3.04 bits per heavy atom. The van der Waals surface area contributed by atoms with Crippen molar-refractivity contribution in [2.24, 2.45) is 5.92 Å². The molecule has 1 aromatic heterocycles. The standard InChI is InChI=1S/C22H27NO2/c24-17-7-6-16-14-21-19-5-1-2-9-22(19,20(16)15-17)10-12-23(21)11-8-18-4-3-13-25-18/h3-4,6-7,13,15,19,21,24H,1-2,5,8-12,14H2/t19-,21+,22-/m1/s1. The molecule has 1 aliphatic heterocycles. The molecular formula is C22H27NO2. The molecule has 2 fully saturated rings. The van der Waals surface area contributed by atoms with Gasteiger partial charge in [-0.3, -0.25) is 4.90 Å². The van der Waals surface area contributed by atoms with Crippen LogP contribution < -0.4 is 0 Å². The minimum absolute atomic E-state index is 0.316. The average molecular weight is 337 g/mol. The summed E-state index contributed by atoms with van der Waals surface area (Å²) in [6.07, 6.45) is 10.5. The highest BCUT2D eigenvalue weighted by atomic mass is 16.3. The Hall–Kier alpha value is -1.74. The van der Waals surface area contributed by atoms with Gasteiger partial charge in [0.2, 0.25) is 0 Å². The van der Waals surface area contributed by atoms with E-state index in [1.807, 2.05) is 12.1 Å². The summed E-state index contributed by atoms with van der Waals surface area (Å²) < 4.78 is 5.55. The fourth-order valence-corrected chi connectivity index (χ4v) is 6.06. The number of phenols is 1. The second-order valence-corrected chi connectivity index (χ2v) is 8.24. The molecule has 2 heterocycles. The molecule has 3 atom stereocenters. The van der Waals surface area contributed by atoms with Crippen LogP contribution in [0.5, 0.6) is 5.75 Å². The van der Waals surface area contributed by atoms with E-state index < -0.39 is 0 Å². The molecule has 0 amide bonds. The lowest BCUT2D eigenvalue weighted by Gasteiger charge is -2.59. The molecule has 5 rings (SSSR count). The maximum absolute atomic E-state index is 10.1. The number of hydrogen-bond acceptors (Lipinski definition) is 3. The number of furan rings is 1. The number of likely N-dealkylation sites (tertiary alicyclic amines) is 1. The van der Waals surface area contributed by atoms with Crippen LogP contribution in [0, 0.1) is 5.92 Å². The number of aromatic hydroxyl groups is 1. The highest BCUT2D eigenvalue weighted by Crippen LogP contribution is 2.56. The Kier molecular flexibility index (Phi) is 3.67. The van der Waals surface area contributed by atoms with E-state index in [4.69, 9.17) is 4.42 Å². The fourth-order valence-electron chi connectivity index (χ4n) is 6.06. The van der Waals surface area contributed by atoms with Gasteiger partial charge in [0.15, 0.2) is 0 Å². The molecule has 1 saturated heterocycles. The summed E-state index contributed by atoms with van der Waals surface area (Å²) in [6.45, 7) is 2.27. The quantitative estimate of drug-likeness (QED) is 0.908. The lowest BCUT2D eigenvalue weighted by atomic mass is 9.52. The Balaban J connectivity index is 1.47. The van der Waals surface area contributed by atoms with Crippen LogP contribution in [-0.2, 0) is 18.3 Å².